The third-order valence-corrected chi connectivity index (χ3v) is 3.01. The van der Waals surface area contributed by atoms with Crippen LogP contribution in [0.5, 0.6) is 5.75 Å². The van der Waals surface area contributed by atoms with Crippen molar-refractivity contribution < 1.29 is 5.11 Å². The number of pyridine rings is 1. The van der Waals surface area contributed by atoms with Gasteiger partial charge in [0.1, 0.15) is 17.6 Å². The average molecular weight is 268 g/mol. The Bertz CT molecular complexity index is 689. The third-order valence-electron chi connectivity index (χ3n) is 3.01. The molecule has 0 unspecified atom stereocenters. The highest BCUT2D eigenvalue weighted by Gasteiger charge is 2.09. The van der Waals surface area contributed by atoms with Gasteiger partial charge in [0.05, 0.1) is 5.56 Å². The van der Waals surface area contributed by atoms with E-state index in [4.69, 9.17) is 5.73 Å². The number of nitrogens with zero attached hydrogens (tertiary/aromatic N) is 2. The van der Waals surface area contributed by atoms with E-state index in [1.54, 1.807) is 18.2 Å². The predicted molar refractivity (Wildman–Crippen MR) is 78.3 cm³/mol. The number of rotatable bonds is 3. The van der Waals surface area contributed by atoms with Gasteiger partial charge in [-0.15, -0.1) is 0 Å². The maximum Gasteiger partial charge on any atom is 0.144 e. The van der Waals surface area contributed by atoms with Crippen LogP contribution in [0.3, 0.4) is 0 Å². The van der Waals surface area contributed by atoms with Crippen LogP contribution in [0.15, 0.2) is 24.3 Å². The van der Waals surface area contributed by atoms with Crippen molar-refractivity contribution in [1.29, 1.82) is 5.26 Å². The molecule has 2 rings (SSSR count). The first-order chi connectivity index (χ1) is 9.51. The Hall–Kier alpha value is -2.74. The molecular formula is C15H16N4O. The molecule has 0 saturated carbocycles. The normalized spacial score (nSPS) is 10.1. The first-order valence-corrected chi connectivity index (χ1v) is 6.21. The first-order valence-electron chi connectivity index (χ1n) is 6.21. The summed E-state index contributed by atoms with van der Waals surface area (Å²) in [5.74, 6) is 0.682. The van der Waals surface area contributed by atoms with Gasteiger partial charge in [-0.1, -0.05) is 0 Å². The van der Waals surface area contributed by atoms with E-state index in [-0.39, 0.29) is 5.75 Å². The molecule has 1 aromatic heterocycles. The van der Waals surface area contributed by atoms with Gasteiger partial charge in [-0.3, -0.25) is 0 Å². The van der Waals surface area contributed by atoms with Crippen molar-refractivity contribution in [3.05, 3.63) is 46.6 Å². The van der Waals surface area contributed by atoms with Gasteiger partial charge in [-0.2, -0.15) is 5.26 Å². The molecular weight excluding hydrogens is 252 g/mol. The van der Waals surface area contributed by atoms with E-state index in [9.17, 15) is 10.4 Å². The van der Waals surface area contributed by atoms with Crippen LogP contribution in [-0.2, 0) is 6.54 Å². The van der Waals surface area contributed by atoms with E-state index in [2.05, 4.69) is 16.4 Å². The summed E-state index contributed by atoms with van der Waals surface area (Å²) in [5.41, 5.74) is 9.15. The number of phenolic OH excluding ortho intramolecular Hbond substituents is 1. The molecule has 102 valence electrons. The van der Waals surface area contributed by atoms with E-state index in [0.717, 1.165) is 11.3 Å². The Morgan fingerprint density at radius 1 is 1.35 bits per heavy atom. The zero-order valence-corrected chi connectivity index (χ0v) is 11.4. The van der Waals surface area contributed by atoms with Crippen LogP contribution >= 0.6 is 0 Å². The number of nitrogen functional groups attached to an aromatic ring is 1. The molecule has 0 saturated heterocycles. The van der Waals surface area contributed by atoms with Crippen LogP contribution in [-0.4, -0.2) is 10.1 Å². The molecule has 20 heavy (non-hydrogen) atoms. The summed E-state index contributed by atoms with van der Waals surface area (Å²) in [6.45, 7) is 4.09. The maximum atomic E-state index is 9.77. The van der Waals surface area contributed by atoms with Crippen molar-refractivity contribution >= 4 is 11.5 Å². The number of nitriles is 1. The van der Waals surface area contributed by atoms with Crippen molar-refractivity contribution in [2.24, 2.45) is 0 Å². The minimum atomic E-state index is 0.162. The number of benzene rings is 1. The second-order valence-corrected chi connectivity index (χ2v) is 4.66. The minimum absolute atomic E-state index is 0.162. The number of aromatic nitrogens is 1. The van der Waals surface area contributed by atoms with Gasteiger partial charge in [0.25, 0.3) is 0 Å². The van der Waals surface area contributed by atoms with E-state index in [1.807, 2.05) is 19.9 Å². The largest absolute Gasteiger partial charge is 0.508 e. The third kappa shape index (κ3) is 2.81. The van der Waals surface area contributed by atoms with Gasteiger partial charge in [0.15, 0.2) is 0 Å². The number of aromatic hydroxyl groups is 1. The van der Waals surface area contributed by atoms with Crippen LogP contribution < -0.4 is 11.1 Å². The lowest BCUT2D eigenvalue weighted by Gasteiger charge is -2.11. The van der Waals surface area contributed by atoms with E-state index in [1.165, 1.54) is 0 Å². The van der Waals surface area contributed by atoms with Crippen LogP contribution in [0.1, 0.15) is 22.4 Å². The Morgan fingerprint density at radius 3 is 2.80 bits per heavy atom. The molecule has 0 aliphatic heterocycles. The van der Waals surface area contributed by atoms with Gasteiger partial charge in [0, 0.05) is 23.5 Å². The molecule has 1 heterocycles. The molecule has 0 aliphatic carbocycles. The van der Waals surface area contributed by atoms with Crippen LogP contribution in [0.25, 0.3) is 0 Å². The van der Waals surface area contributed by atoms with Crippen molar-refractivity contribution in [2.45, 2.75) is 20.4 Å². The molecule has 4 N–H and O–H groups in total. The fourth-order valence-corrected chi connectivity index (χ4v) is 2.03. The number of aryl methyl sites for hydroxylation is 2. The molecule has 5 nitrogen and oxygen atoms in total. The summed E-state index contributed by atoms with van der Waals surface area (Å²) in [5, 5.41) is 22.0. The van der Waals surface area contributed by atoms with Gasteiger partial charge in [-0.25, -0.2) is 4.98 Å². The Morgan fingerprint density at radius 2 is 2.10 bits per heavy atom. The molecule has 2 aromatic rings. The molecule has 0 fully saturated rings. The Kier molecular flexibility index (Phi) is 3.76. The van der Waals surface area contributed by atoms with E-state index < -0.39 is 0 Å². The smallest absolute Gasteiger partial charge is 0.144 e. The monoisotopic (exact) mass is 268 g/mol. The highest BCUT2D eigenvalue weighted by molar-refractivity contribution is 5.57. The zero-order chi connectivity index (χ0) is 14.7. The molecule has 1 aromatic carbocycles. The topological polar surface area (TPSA) is 95.0 Å². The van der Waals surface area contributed by atoms with Crippen molar-refractivity contribution in [3.8, 4) is 11.8 Å². The molecule has 0 spiro atoms. The predicted octanol–water partition coefficient (Wildman–Crippen LogP) is 2.47. The minimum Gasteiger partial charge on any atom is -0.508 e. The van der Waals surface area contributed by atoms with Crippen LogP contribution in [0.2, 0.25) is 0 Å². The number of nitrogens with one attached hydrogen (secondary N) is 1. The van der Waals surface area contributed by atoms with Gasteiger partial charge >= 0.3 is 0 Å². The van der Waals surface area contributed by atoms with Crippen LogP contribution in [0.4, 0.5) is 11.5 Å². The summed E-state index contributed by atoms with van der Waals surface area (Å²) in [6.07, 6.45) is 0. The number of anilines is 2. The summed E-state index contributed by atoms with van der Waals surface area (Å²) in [7, 11) is 0. The SMILES string of the molecule is Cc1cc(C)c(C#N)c(NCc2cc(N)ccc2O)n1. The zero-order valence-electron chi connectivity index (χ0n) is 11.4. The summed E-state index contributed by atoms with van der Waals surface area (Å²) in [4.78, 5) is 4.33. The molecule has 5 heteroatoms. The lowest BCUT2D eigenvalue weighted by Crippen LogP contribution is -2.06. The second-order valence-electron chi connectivity index (χ2n) is 4.66. The number of hydrogen-bond acceptors (Lipinski definition) is 5. The average Bonchev–Trinajstić information content (AvgIpc) is 2.39. The fourth-order valence-electron chi connectivity index (χ4n) is 2.03. The number of nitrogens with two attached hydrogens (primary N) is 1. The van der Waals surface area contributed by atoms with Crippen molar-refractivity contribution in [2.75, 3.05) is 11.1 Å². The quantitative estimate of drug-likeness (QED) is 0.587. The summed E-state index contributed by atoms with van der Waals surface area (Å²) >= 11 is 0. The van der Waals surface area contributed by atoms with Gasteiger partial charge in [0.2, 0.25) is 0 Å². The van der Waals surface area contributed by atoms with E-state index >= 15 is 0 Å². The van der Waals surface area contributed by atoms with E-state index in [0.29, 0.717) is 29.2 Å². The molecule has 0 amide bonds. The maximum absolute atomic E-state index is 9.77. The lowest BCUT2D eigenvalue weighted by atomic mass is 10.1. The Balaban J connectivity index is 2.27. The standard InChI is InChI=1S/C15H16N4O/c1-9-5-10(2)19-15(13(9)7-16)18-8-11-6-12(17)3-4-14(11)20/h3-6,20H,8,17H2,1-2H3,(H,18,19). The highest BCUT2D eigenvalue weighted by atomic mass is 16.3. The molecule has 0 atom stereocenters. The molecule has 0 aliphatic rings. The van der Waals surface area contributed by atoms with Gasteiger partial charge in [-0.05, 0) is 43.7 Å². The first kappa shape index (κ1) is 13.7. The molecule has 0 bridgehead atoms. The Labute approximate surface area is 117 Å². The fraction of sp³-hybridized carbons (Fsp3) is 0.200. The van der Waals surface area contributed by atoms with Crippen LogP contribution in [0, 0.1) is 25.2 Å². The highest BCUT2D eigenvalue weighted by Crippen LogP contribution is 2.23. The lowest BCUT2D eigenvalue weighted by molar-refractivity contribution is 0.469. The number of phenols is 1. The summed E-state index contributed by atoms with van der Waals surface area (Å²) < 4.78 is 0. The number of hydrogen-bond donors (Lipinski definition) is 3. The summed E-state index contributed by atoms with van der Waals surface area (Å²) in [6, 6.07) is 8.88. The van der Waals surface area contributed by atoms with Gasteiger partial charge < -0.3 is 16.2 Å². The second kappa shape index (κ2) is 5.49. The molecule has 0 radical (unpaired) electrons. The van der Waals surface area contributed by atoms with Crippen molar-refractivity contribution in [1.82, 2.24) is 4.98 Å². The van der Waals surface area contributed by atoms with Crippen molar-refractivity contribution in [3.63, 3.8) is 0 Å².